The summed E-state index contributed by atoms with van der Waals surface area (Å²) in [6, 6.07) is 13.0. The topological polar surface area (TPSA) is 46.5 Å². The molecule has 4 heteroatoms. The summed E-state index contributed by atoms with van der Waals surface area (Å²) in [5.41, 5.74) is 2.42. The van der Waals surface area contributed by atoms with Gasteiger partial charge in [-0.25, -0.2) is 0 Å². The zero-order valence-corrected chi connectivity index (χ0v) is 11.6. The number of carbonyl (C=O) groups is 1. The van der Waals surface area contributed by atoms with Crippen LogP contribution in [0.15, 0.2) is 46.9 Å². The highest BCUT2D eigenvalue weighted by Gasteiger charge is 2.30. The van der Waals surface area contributed by atoms with E-state index in [9.17, 15) is 9.90 Å². The molecule has 0 fully saturated rings. The third-order valence-electron chi connectivity index (χ3n) is 3.28. The van der Waals surface area contributed by atoms with E-state index in [-0.39, 0.29) is 0 Å². The molecular formula is C15H11BrO3. The van der Waals surface area contributed by atoms with Crippen LogP contribution in [0.1, 0.15) is 22.6 Å². The summed E-state index contributed by atoms with van der Waals surface area (Å²) in [4.78, 5) is 11.7. The SMILES string of the molecule is O=C(O)C1c2ccccc2COc2cc(Br)ccc21. The van der Waals surface area contributed by atoms with Gasteiger partial charge in [-0.1, -0.05) is 46.3 Å². The molecule has 1 aliphatic rings. The first-order chi connectivity index (χ1) is 9.16. The minimum atomic E-state index is -0.860. The number of fused-ring (bicyclic) bond motifs is 2. The average Bonchev–Trinajstić information content (AvgIpc) is 2.55. The van der Waals surface area contributed by atoms with Gasteiger partial charge in [0.05, 0.1) is 0 Å². The van der Waals surface area contributed by atoms with Crippen LogP contribution in [0.2, 0.25) is 0 Å². The van der Waals surface area contributed by atoms with E-state index in [4.69, 9.17) is 4.74 Å². The molecule has 19 heavy (non-hydrogen) atoms. The molecule has 0 spiro atoms. The van der Waals surface area contributed by atoms with Gasteiger partial charge in [0, 0.05) is 10.0 Å². The first-order valence-electron chi connectivity index (χ1n) is 5.89. The molecule has 3 nitrogen and oxygen atoms in total. The molecular weight excluding hydrogens is 308 g/mol. The molecule has 1 unspecified atom stereocenters. The summed E-state index contributed by atoms with van der Waals surface area (Å²) in [5.74, 6) is -0.915. The van der Waals surface area contributed by atoms with E-state index in [1.165, 1.54) is 0 Å². The first-order valence-corrected chi connectivity index (χ1v) is 6.69. The lowest BCUT2D eigenvalue weighted by molar-refractivity contribution is -0.137. The lowest BCUT2D eigenvalue weighted by atomic mass is 9.88. The zero-order chi connectivity index (χ0) is 13.4. The molecule has 0 amide bonds. The van der Waals surface area contributed by atoms with Crippen molar-refractivity contribution >= 4 is 21.9 Å². The van der Waals surface area contributed by atoms with Crippen molar-refractivity contribution < 1.29 is 14.6 Å². The summed E-state index contributed by atoms with van der Waals surface area (Å²) in [5, 5.41) is 9.56. The second kappa shape index (κ2) is 4.70. The molecule has 0 saturated heterocycles. The zero-order valence-electron chi connectivity index (χ0n) is 9.97. The summed E-state index contributed by atoms with van der Waals surface area (Å²) >= 11 is 3.38. The second-order valence-corrected chi connectivity index (χ2v) is 5.36. The van der Waals surface area contributed by atoms with Crippen LogP contribution in [0.3, 0.4) is 0 Å². The van der Waals surface area contributed by atoms with E-state index in [0.717, 1.165) is 15.6 Å². The highest BCUT2D eigenvalue weighted by Crippen LogP contribution is 2.38. The van der Waals surface area contributed by atoms with E-state index in [1.807, 2.05) is 36.4 Å². The third kappa shape index (κ3) is 2.12. The predicted molar refractivity (Wildman–Crippen MR) is 74.4 cm³/mol. The van der Waals surface area contributed by atoms with Gasteiger partial charge in [0.15, 0.2) is 0 Å². The van der Waals surface area contributed by atoms with E-state index in [2.05, 4.69) is 15.9 Å². The average molecular weight is 319 g/mol. The molecule has 0 radical (unpaired) electrons. The van der Waals surface area contributed by atoms with Crippen LogP contribution in [0.4, 0.5) is 0 Å². The van der Waals surface area contributed by atoms with E-state index in [0.29, 0.717) is 17.9 Å². The number of halogens is 1. The van der Waals surface area contributed by atoms with E-state index < -0.39 is 11.9 Å². The van der Waals surface area contributed by atoms with Gasteiger partial charge in [0.25, 0.3) is 0 Å². The Hall–Kier alpha value is -1.81. The fraction of sp³-hybridized carbons (Fsp3) is 0.133. The summed E-state index contributed by atoms with van der Waals surface area (Å²) in [7, 11) is 0. The van der Waals surface area contributed by atoms with Crippen molar-refractivity contribution in [3.63, 3.8) is 0 Å². The Morgan fingerprint density at radius 3 is 2.79 bits per heavy atom. The van der Waals surface area contributed by atoms with Crippen LogP contribution in [-0.4, -0.2) is 11.1 Å². The van der Waals surface area contributed by atoms with Crippen molar-refractivity contribution in [2.24, 2.45) is 0 Å². The maximum atomic E-state index is 11.7. The van der Waals surface area contributed by atoms with Gasteiger partial charge >= 0.3 is 5.97 Å². The fourth-order valence-corrected chi connectivity index (χ4v) is 2.75. The van der Waals surface area contributed by atoms with Crippen molar-refractivity contribution in [2.75, 3.05) is 0 Å². The predicted octanol–water partition coefficient (Wildman–Crippen LogP) is 3.56. The summed E-state index contributed by atoms with van der Waals surface area (Å²) in [6.07, 6.45) is 0. The third-order valence-corrected chi connectivity index (χ3v) is 3.78. The van der Waals surface area contributed by atoms with E-state index >= 15 is 0 Å². The van der Waals surface area contributed by atoms with Crippen LogP contribution in [0.5, 0.6) is 5.75 Å². The number of carboxylic acids is 1. The normalized spacial score (nSPS) is 16.8. The minimum Gasteiger partial charge on any atom is -0.489 e. The van der Waals surface area contributed by atoms with Crippen molar-refractivity contribution in [3.05, 3.63) is 63.6 Å². The van der Waals surface area contributed by atoms with Crippen molar-refractivity contribution in [1.82, 2.24) is 0 Å². The van der Waals surface area contributed by atoms with Crippen molar-refractivity contribution in [3.8, 4) is 5.75 Å². The monoisotopic (exact) mass is 318 g/mol. The number of ether oxygens (including phenoxy) is 1. The van der Waals surface area contributed by atoms with Crippen molar-refractivity contribution in [1.29, 1.82) is 0 Å². The van der Waals surface area contributed by atoms with Crippen LogP contribution >= 0.6 is 15.9 Å². The van der Waals surface area contributed by atoms with Gasteiger partial charge in [-0.3, -0.25) is 4.79 Å². The smallest absolute Gasteiger partial charge is 0.315 e. The molecule has 2 aromatic rings. The summed E-state index contributed by atoms with van der Waals surface area (Å²) in [6.45, 7) is 0.392. The maximum absolute atomic E-state index is 11.7. The Labute approximate surface area is 119 Å². The largest absolute Gasteiger partial charge is 0.489 e. The highest BCUT2D eigenvalue weighted by atomic mass is 79.9. The number of carboxylic acid groups (broad SMARTS) is 1. The lowest BCUT2D eigenvalue weighted by Gasteiger charge is -2.14. The number of rotatable bonds is 1. The van der Waals surface area contributed by atoms with E-state index in [1.54, 1.807) is 6.07 Å². The van der Waals surface area contributed by atoms with Crippen LogP contribution < -0.4 is 4.74 Å². The molecule has 0 saturated carbocycles. The van der Waals surface area contributed by atoms with Gasteiger partial charge in [-0.15, -0.1) is 0 Å². The number of benzene rings is 2. The Bertz CT molecular complexity index is 652. The van der Waals surface area contributed by atoms with Gasteiger partial charge in [0.2, 0.25) is 0 Å². The quantitative estimate of drug-likeness (QED) is 0.874. The number of hydrogen-bond acceptors (Lipinski definition) is 2. The van der Waals surface area contributed by atoms with Gasteiger partial charge < -0.3 is 9.84 Å². The Morgan fingerprint density at radius 2 is 2.00 bits per heavy atom. The summed E-state index contributed by atoms with van der Waals surface area (Å²) < 4.78 is 6.62. The number of hydrogen-bond donors (Lipinski definition) is 1. The first kappa shape index (κ1) is 12.2. The Morgan fingerprint density at radius 1 is 1.21 bits per heavy atom. The minimum absolute atomic E-state index is 0.392. The molecule has 1 aliphatic heterocycles. The molecule has 0 aromatic heterocycles. The fourth-order valence-electron chi connectivity index (χ4n) is 2.41. The molecule has 0 aliphatic carbocycles. The standard InChI is InChI=1S/C15H11BrO3/c16-10-5-6-12-13(7-10)19-8-9-3-1-2-4-11(9)14(12)15(17)18/h1-7,14H,8H2,(H,17,18). The van der Waals surface area contributed by atoms with Gasteiger partial charge in [0.1, 0.15) is 18.3 Å². The van der Waals surface area contributed by atoms with Crippen LogP contribution in [-0.2, 0) is 11.4 Å². The molecule has 1 atom stereocenters. The molecule has 3 rings (SSSR count). The van der Waals surface area contributed by atoms with Crippen LogP contribution in [0, 0.1) is 0 Å². The van der Waals surface area contributed by atoms with Crippen molar-refractivity contribution in [2.45, 2.75) is 12.5 Å². The van der Waals surface area contributed by atoms with Gasteiger partial charge in [-0.05, 0) is 23.3 Å². The van der Waals surface area contributed by atoms with Gasteiger partial charge in [-0.2, -0.15) is 0 Å². The molecule has 0 bridgehead atoms. The maximum Gasteiger partial charge on any atom is 0.315 e. The molecule has 96 valence electrons. The number of aliphatic carboxylic acids is 1. The highest BCUT2D eigenvalue weighted by molar-refractivity contribution is 9.10. The molecule has 1 heterocycles. The Balaban J connectivity index is 2.24. The Kier molecular flexibility index (Phi) is 3.03. The molecule has 1 N–H and O–H groups in total. The molecule has 2 aromatic carbocycles. The van der Waals surface area contributed by atoms with Crippen LogP contribution in [0.25, 0.3) is 0 Å². The second-order valence-electron chi connectivity index (χ2n) is 4.44. The lowest BCUT2D eigenvalue weighted by Crippen LogP contribution is -2.13.